The maximum Gasteiger partial charge on any atom is 0.191 e. The molecule has 0 saturated carbocycles. The minimum atomic E-state index is 0.530. The lowest BCUT2D eigenvalue weighted by Gasteiger charge is -2.29. The van der Waals surface area contributed by atoms with Gasteiger partial charge in [-0.2, -0.15) is 0 Å². The van der Waals surface area contributed by atoms with Gasteiger partial charge in [-0.05, 0) is 25.0 Å². The second-order valence-corrected chi connectivity index (χ2v) is 6.77. The first kappa shape index (κ1) is 21.3. The van der Waals surface area contributed by atoms with E-state index in [2.05, 4.69) is 29.4 Å². The van der Waals surface area contributed by atoms with Crippen molar-refractivity contribution >= 4 is 5.96 Å². The maximum atomic E-state index is 5.46. The summed E-state index contributed by atoms with van der Waals surface area (Å²) < 4.78 is 16.1. The highest BCUT2D eigenvalue weighted by Crippen LogP contribution is 2.25. The van der Waals surface area contributed by atoms with Crippen LogP contribution < -0.4 is 20.1 Å². The molecule has 1 unspecified atom stereocenters. The first-order valence-corrected chi connectivity index (χ1v) is 9.69. The van der Waals surface area contributed by atoms with Crippen molar-refractivity contribution in [2.24, 2.45) is 10.9 Å². The fraction of sp³-hybridized carbons (Fsp3) is 0.650. The van der Waals surface area contributed by atoms with E-state index in [0.29, 0.717) is 12.5 Å². The molecule has 0 aliphatic carbocycles. The van der Waals surface area contributed by atoms with Gasteiger partial charge in [-0.1, -0.05) is 6.92 Å². The van der Waals surface area contributed by atoms with Crippen LogP contribution in [0.3, 0.4) is 0 Å². The second kappa shape index (κ2) is 11.7. The van der Waals surface area contributed by atoms with E-state index in [1.807, 2.05) is 18.2 Å². The van der Waals surface area contributed by atoms with Gasteiger partial charge in [-0.15, -0.1) is 0 Å². The highest BCUT2D eigenvalue weighted by Gasteiger charge is 2.14. The Morgan fingerprint density at radius 1 is 1.22 bits per heavy atom. The summed E-state index contributed by atoms with van der Waals surface area (Å²) in [6, 6.07) is 5.81. The molecule has 1 atom stereocenters. The minimum Gasteiger partial charge on any atom is -0.497 e. The number of nitrogens with zero attached hydrogens (tertiary/aromatic N) is 2. The third-order valence-electron chi connectivity index (χ3n) is 4.54. The number of hydrogen-bond acceptors (Lipinski definition) is 5. The van der Waals surface area contributed by atoms with E-state index in [-0.39, 0.29) is 0 Å². The molecular weight excluding hydrogens is 344 g/mol. The van der Waals surface area contributed by atoms with Crippen molar-refractivity contribution in [3.63, 3.8) is 0 Å². The minimum absolute atomic E-state index is 0.530. The molecule has 27 heavy (non-hydrogen) atoms. The van der Waals surface area contributed by atoms with Gasteiger partial charge in [-0.25, -0.2) is 4.99 Å². The summed E-state index contributed by atoms with van der Waals surface area (Å²) in [6.07, 6.45) is 0. The molecule has 7 heteroatoms. The number of benzene rings is 1. The van der Waals surface area contributed by atoms with Crippen molar-refractivity contribution in [1.29, 1.82) is 0 Å². The molecule has 1 heterocycles. The molecule has 152 valence electrons. The van der Waals surface area contributed by atoms with Crippen LogP contribution in [-0.2, 0) is 11.3 Å². The van der Waals surface area contributed by atoms with Crippen molar-refractivity contribution < 1.29 is 14.2 Å². The van der Waals surface area contributed by atoms with Crippen LogP contribution >= 0.6 is 0 Å². The van der Waals surface area contributed by atoms with Crippen LogP contribution in [0.25, 0.3) is 0 Å². The SMILES string of the molecule is CCNC(=NCc1ccc(OC)cc1OC)NCC(C)CN1CCOCC1. The Morgan fingerprint density at radius 2 is 2.00 bits per heavy atom. The third kappa shape index (κ3) is 7.27. The van der Waals surface area contributed by atoms with Gasteiger partial charge in [0.05, 0.1) is 34.0 Å². The van der Waals surface area contributed by atoms with Crippen LogP contribution in [0, 0.1) is 5.92 Å². The second-order valence-electron chi connectivity index (χ2n) is 6.77. The zero-order valence-corrected chi connectivity index (χ0v) is 17.1. The molecule has 2 N–H and O–H groups in total. The van der Waals surface area contributed by atoms with Crippen LogP contribution in [0.5, 0.6) is 11.5 Å². The average Bonchev–Trinajstić information content (AvgIpc) is 2.70. The van der Waals surface area contributed by atoms with Gasteiger partial charge in [0.2, 0.25) is 0 Å². The summed E-state index contributed by atoms with van der Waals surface area (Å²) in [5, 5.41) is 6.77. The molecule has 0 bridgehead atoms. The lowest BCUT2D eigenvalue weighted by molar-refractivity contribution is 0.0320. The normalized spacial score (nSPS) is 16.7. The molecule has 1 saturated heterocycles. The fourth-order valence-corrected chi connectivity index (χ4v) is 3.05. The third-order valence-corrected chi connectivity index (χ3v) is 4.54. The van der Waals surface area contributed by atoms with E-state index in [4.69, 9.17) is 19.2 Å². The zero-order chi connectivity index (χ0) is 19.5. The van der Waals surface area contributed by atoms with Crippen LogP contribution in [0.4, 0.5) is 0 Å². The predicted molar refractivity (Wildman–Crippen MR) is 109 cm³/mol. The lowest BCUT2D eigenvalue weighted by atomic mass is 10.1. The van der Waals surface area contributed by atoms with Crippen LogP contribution in [0.15, 0.2) is 23.2 Å². The number of morpholine rings is 1. The highest BCUT2D eigenvalue weighted by atomic mass is 16.5. The molecule has 2 rings (SSSR count). The van der Waals surface area contributed by atoms with Crippen molar-refractivity contribution in [2.45, 2.75) is 20.4 Å². The Hall–Kier alpha value is -1.99. The zero-order valence-electron chi connectivity index (χ0n) is 17.1. The van der Waals surface area contributed by atoms with Crippen LogP contribution in [0.2, 0.25) is 0 Å². The molecule has 1 aromatic carbocycles. The summed E-state index contributed by atoms with van der Waals surface area (Å²) in [5.41, 5.74) is 1.02. The Balaban J connectivity index is 1.89. The van der Waals surface area contributed by atoms with E-state index in [1.54, 1.807) is 14.2 Å². The van der Waals surface area contributed by atoms with E-state index < -0.39 is 0 Å². The van der Waals surface area contributed by atoms with E-state index in [0.717, 1.165) is 69.0 Å². The standard InChI is InChI=1S/C20H34N4O3/c1-5-21-20(22-13-16(2)15-24-8-10-27-11-9-24)23-14-17-6-7-18(25-3)12-19(17)26-4/h6-7,12,16H,5,8-11,13-15H2,1-4H3,(H2,21,22,23). The molecule has 1 aromatic rings. The van der Waals surface area contributed by atoms with Gasteiger partial charge < -0.3 is 24.8 Å². The van der Waals surface area contributed by atoms with Gasteiger partial charge in [0.15, 0.2) is 5.96 Å². The van der Waals surface area contributed by atoms with Crippen LogP contribution in [0.1, 0.15) is 19.4 Å². The smallest absolute Gasteiger partial charge is 0.191 e. The van der Waals surface area contributed by atoms with E-state index in [9.17, 15) is 0 Å². The predicted octanol–water partition coefficient (Wildman–Crippen LogP) is 1.73. The molecule has 0 aromatic heterocycles. The first-order valence-electron chi connectivity index (χ1n) is 9.69. The molecule has 1 fully saturated rings. The molecule has 1 aliphatic rings. The van der Waals surface area contributed by atoms with Crippen molar-refractivity contribution in [3.8, 4) is 11.5 Å². The summed E-state index contributed by atoms with van der Waals surface area (Å²) in [4.78, 5) is 7.17. The largest absolute Gasteiger partial charge is 0.497 e. The number of methoxy groups -OCH3 is 2. The highest BCUT2D eigenvalue weighted by molar-refractivity contribution is 5.79. The summed E-state index contributed by atoms with van der Waals surface area (Å²) >= 11 is 0. The van der Waals surface area contributed by atoms with Crippen molar-refractivity contribution in [3.05, 3.63) is 23.8 Å². The number of hydrogen-bond donors (Lipinski definition) is 2. The van der Waals surface area contributed by atoms with Gasteiger partial charge in [-0.3, -0.25) is 4.90 Å². The van der Waals surface area contributed by atoms with E-state index >= 15 is 0 Å². The average molecular weight is 379 g/mol. The summed E-state index contributed by atoms with van der Waals surface area (Å²) in [6.45, 7) is 11.4. The summed E-state index contributed by atoms with van der Waals surface area (Å²) in [7, 11) is 3.32. The molecular formula is C20H34N4O3. The quantitative estimate of drug-likeness (QED) is 0.504. The monoisotopic (exact) mass is 378 g/mol. The van der Waals surface area contributed by atoms with Crippen molar-refractivity contribution in [1.82, 2.24) is 15.5 Å². The Bertz CT molecular complexity index is 589. The van der Waals surface area contributed by atoms with Crippen molar-refractivity contribution in [2.75, 3.05) is 60.2 Å². The molecule has 7 nitrogen and oxygen atoms in total. The van der Waals surface area contributed by atoms with Gasteiger partial charge >= 0.3 is 0 Å². The Morgan fingerprint density at radius 3 is 2.67 bits per heavy atom. The number of ether oxygens (including phenoxy) is 3. The van der Waals surface area contributed by atoms with Gasteiger partial charge in [0, 0.05) is 44.4 Å². The van der Waals surface area contributed by atoms with Gasteiger partial charge in [0.1, 0.15) is 11.5 Å². The Labute approximate surface area is 163 Å². The molecule has 0 radical (unpaired) electrons. The molecule has 1 aliphatic heterocycles. The fourth-order valence-electron chi connectivity index (χ4n) is 3.05. The lowest BCUT2D eigenvalue weighted by Crippen LogP contribution is -2.44. The van der Waals surface area contributed by atoms with Gasteiger partial charge in [0.25, 0.3) is 0 Å². The number of guanidine groups is 1. The first-order chi connectivity index (χ1) is 13.2. The number of aliphatic imine (C=N–C) groups is 1. The number of nitrogens with one attached hydrogen (secondary N) is 2. The van der Waals surface area contributed by atoms with E-state index in [1.165, 1.54) is 0 Å². The topological polar surface area (TPSA) is 67.4 Å². The molecule has 0 spiro atoms. The Kier molecular flexibility index (Phi) is 9.21. The van der Waals surface area contributed by atoms with Crippen LogP contribution in [-0.4, -0.2) is 71.0 Å². The summed E-state index contributed by atoms with van der Waals surface area (Å²) in [5.74, 6) is 2.92. The maximum absolute atomic E-state index is 5.46. The number of rotatable bonds is 9. The molecule has 0 amide bonds.